The van der Waals surface area contributed by atoms with Gasteiger partial charge in [-0.1, -0.05) is 65.7 Å². The Labute approximate surface area is 197 Å². The van der Waals surface area contributed by atoms with E-state index in [0.717, 1.165) is 4.68 Å². The third-order valence-electron chi connectivity index (χ3n) is 4.83. The first kappa shape index (κ1) is 23.3. The Kier molecular flexibility index (Phi) is 6.00. The molecular weight excluding hydrogens is 498 g/mol. The molecule has 0 saturated carbocycles. The Morgan fingerprint density at radius 1 is 0.848 bits per heavy atom. The molecule has 0 amide bonds. The van der Waals surface area contributed by atoms with E-state index in [0.29, 0.717) is 0 Å². The van der Waals surface area contributed by atoms with Crippen molar-refractivity contribution in [3.8, 4) is 28.1 Å². The van der Waals surface area contributed by atoms with Crippen molar-refractivity contribution in [2.24, 2.45) is 5.14 Å². The van der Waals surface area contributed by atoms with Gasteiger partial charge in [0.1, 0.15) is 0 Å². The lowest BCUT2D eigenvalue weighted by Crippen LogP contribution is -2.11. The highest BCUT2D eigenvalue weighted by Crippen LogP contribution is 2.45. The van der Waals surface area contributed by atoms with Crippen molar-refractivity contribution in [1.82, 2.24) is 9.78 Å². The van der Waals surface area contributed by atoms with Crippen LogP contribution >= 0.6 is 23.2 Å². The smallest absolute Gasteiger partial charge is 0.230 e. The second-order valence-corrected chi connectivity index (χ2v) is 9.36. The Morgan fingerprint density at radius 2 is 1.42 bits per heavy atom. The molecule has 2 N–H and O–H groups in total. The maximum absolute atomic E-state index is 14.2. The number of rotatable bonds is 4. The van der Waals surface area contributed by atoms with Crippen LogP contribution in [0.4, 0.5) is 13.2 Å². The van der Waals surface area contributed by atoms with Crippen LogP contribution < -0.4 is 5.14 Å². The number of hydrogen-bond acceptors (Lipinski definition) is 3. The quantitative estimate of drug-likeness (QED) is 0.355. The van der Waals surface area contributed by atoms with E-state index in [4.69, 9.17) is 28.3 Å². The molecule has 0 unspecified atom stereocenters. The van der Waals surface area contributed by atoms with Crippen molar-refractivity contribution in [3.63, 3.8) is 0 Å². The molecule has 5 nitrogen and oxygen atoms in total. The van der Waals surface area contributed by atoms with E-state index < -0.39 is 21.9 Å². The van der Waals surface area contributed by atoms with Gasteiger partial charge in [-0.3, -0.25) is 0 Å². The zero-order chi connectivity index (χ0) is 24.0. The van der Waals surface area contributed by atoms with Gasteiger partial charge in [-0.25, -0.2) is 18.2 Å². The summed E-state index contributed by atoms with van der Waals surface area (Å²) in [5.74, 6) is 0. The standard InChI is InChI=1S/C22H14Cl2F3N3O2S/c23-16-6-2-1-5-15(16)19-20(13-9-11-14(12-10-13)33(28,31)32)30(29-21(19)22(25,26)27)18-8-4-3-7-17(18)24/h1-12H,(H2,28,31,32). The second-order valence-electron chi connectivity index (χ2n) is 6.98. The van der Waals surface area contributed by atoms with Crippen molar-refractivity contribution in [3.05, 3.63) is 88.5 Å². The number of aromatic nitrogens is 2. The molecule has 0 atom stereocenters. The number of benzene rings is 3. The first-order valence-corrected chi connectivity index (χ1v) is 11.6. The van der Waals surface area contributed by atoms with Gasteiger partial charge in [0.2, 0.25) is 10.0 Å². The molecule has 0 aliphatic heterocycles. The summed E-state index contributed by atoms with van der Waals surface area (Å²) < 4.78 is 66.9. The molecule has 0 bridgehead atoms. The van der Waals surface area contributed by atoms with Gasteiger partial charge in [0.25, 0.3) is 0 Å². The van der Waals surface area contributed by atoms with Crippen molar-refractivity contribution >= 4 is 33.2 Å². The normalized spacial score (nSPS) is 12.2. The predicted molar refractivity (Wildman–Crippen MR) is 121 cm³/mol. The first-order valence-electron chi connectivity index (χ1n) is 9.31. The highest BCUT2D eigenvalue weighted by Gasteiger charge is 2.41. The van der Waals surface area contributed by atoms with Crippen LogP contribution in [0.2, 0.25) is 10.0 Å². The molecular formula is C22H14Cl2F3N3O2S. The summed E-state index contributed by atoms with van der Waals surface area (Å²) in [4.78, 5) is -0.189. The molecule has 0 radical (unpaired) electrons. The van der Waals surface area contributed by atoms with Crippen LogP contribution in [0.5, 0.6) is 0 Å². The second kappa shape index (κ2) is 8.49. The Bertz CT molecular complexity index is 1450. The first-order chi connectivity index (χ1) is 15.5. The maximum atomic E-state index is 14.2. The number of primary sulfonamides is 1. The predicted octanol–water partition coefficient (Wildman–Crippen LogP) is 6.18. The summed E-state index contributed by atoms with van der Waals surface area (Å²) in [5.41, 5.74) is -0.842. The fraction of sp³-hybridized carbons (Fsp3) is 0.0455. The summed E-state index contributed by atoms with van der Waals surface area (Å²) in [6.07, 6.45) is -4.82. The van der Waals surface area contributed by atoms with Gasteiger partial charge in [-0.05, 0) is 30.3 Å². The van der Waals surface area contributed by atoms with Crippen molar-refractivity contribution < 1.29 is 21.6 Å². The van der Waals surface area contributed by atoms with Crippen LogP contribution in [-0.2, 0) is 16.2 Å². The Morgan fingerprint density at radius 3 is 1.97 bits per heavy atom. The molecule has 1 heterocycles. The summed E-state index contributed by atoms with van der Waals surface area (Å²) in [7, 11) is -4.00. The lowest BCUT2D eigenvalue weighted by molar-refractivity contribution is -0.140. The molecule has 170 valence electrons. The molecule has 0 aliphatic rings. The van der Waals surface area contributed by atoms with E-state index in [1.807, 2.05) is 0 Å². The number of sulfonamides is 1. The highest BCUT2D eigenvalue weighted by molar-refractivity contribution is 7.89. The minimum atomic E-state index is -4.82. The minimum Gasteiger partial charge on any atom is -0.230 e. The van der Waals surface area contributed by atoms with Gasteiger partial charge < -0.3 is 0 Å². The van der Waals surface area contributed by atoms with Gasteiger partial charge in [0, 0.05) is 21.7 Å². The number of nitrogens with zero attached hydrogens (tertiary/aromatic N) is 2. The van der Waals surface area contributed by atoms with Crippen molar-refractivity contribution in [2.75, 3.05) is 0 Å². The molecule has 11 heteroatoms. The highest BCUT2D eigenvalue weighted by atomic mass is 35.5. The summed E-state index contributed by atoms with van der Waals surface area (Å²) in [5, 5.41) is 9.30. The third kappa shape index (κ3) is 4.49. The van der Waals surface area contributed by atoms with Crippen LogP contribution in [0, 0.1) is 0 Å². The molecule has 1 aromatic heterocycles. The monoisotopic (exact) mass is 511 g/mol. The van der Waals surface area contributed by atoms with E-state index in [2.05, 4.69) is 5.10 Å². The number of para-hydroxylation sites is 1. The lowest BCUT2D eigenvalue weighted by atomic mass is 9.98. The van der Waals surface area contributed by atoms with Crippen LogP contribution in [0.3, 0.4) is 0 Å². The van der Waals surface area contributed by atoms with Crippen LogP contribution in [0.1, 0.15) is 5.69 Å². The van der Waals surface area contributed by atoms with Crippen molar-refractivity contribution in [1.29, 1.82) is 0 Å². The molecule has 0 saturated heterocycles. The molecule has 0 aliphatic carbocycles. The van der Waals surface area contributed by atoms with E-state index in [1.54, 1.807) is 24.3 Å². The fourth-order valence-electron chi connectivity index (χ4n) is 3.40. The third-order valence-corrected chi connectivity index (χ3v) is 6.41. The molecule has 0 fully saturated rings. The van der Waals surface area contributed by atoms with Crippen LogP contribution in [-0.4, -0.2) is 18.2 Å². The number of nitrogens with two attached hydrogens (primary N) is 1. The fourth-order valence-corrected chi connectivity index (χ4v) is 4.36. The van der Waals surface area contributed by atoms with E-state index in [1.165, 1.54) is 48.5 Å². The van der Waals surface area contributed by atoms with Crippen LogP contribution in [0.15, 0.2) is 77.7 Å². The summed E-state index contributed by atoms with van der Waals surface area (Å²) in [6.45, 7) is 0. The van der Waals surface area contributed by atoms with E-state index in [-0.39, 0.29) is 43.0 Å². The molecule has 4 rings (SSSR count). The zero-order valence-electron chi connectivity index (χ0n) is 16.5. The Balaban J connectivity index is 2.13. The average molecular weight is 512 g/mol. The van der Waals surface area contributed by atoms with E-state index in [9.17, 15) is 21.6 Å². The average Bonchev–Trinajstić information content (AvgIpc) is 3.14. The largest absolute Gasteiger partial charge is 0.435 e. The zero-order valence-corrected chi connectivity index (χ0v) is 18.8. The van der Waals surface area contributed by atoms with Gasteiger partial charge in [-0.15, -0.1) is 0 Å². The number of alkyl halides is 3. The van der Waals surface area contributed by atoms with Crippen molar-refractivity contribution in [2.45, 2.75) is 11.1 Å². The lowest BCUT2D eigenvalue weighted by Gasteiger charge is -2.13. The minimum absolute atomic E-state index is 0.0319. The van der Waals surface area contributed by atoms with E-state index >= 15 is 0 Å². The Hall–Kier alpha value is -2.85. The number of halogens is 5. The SMILES string of the molecule is NS(=O)(=O)c1ccc(-c2c(-c3ccccc3Cl)c(C(F)(F)F)nn2-c2ccccc2Cl)cc1. The number of hydrogen-bond donors (Lipinski definition) is 1. The van der Waals surface area contributed by atoms with Gasteiger partial charge in [0.15, 0.2) is 5.69 Å². The van der Waals surface area contributed by atoms with Crippen LogP contribution in [0.25, 0.3) is 28.1 Å². The molecule has 33 heavy (non-hydrogen) atoms. The molecule has 0 spiro atoms. The molecule has 4 aromatic rings. The van der Waals surface area contributed by atoms with Gasteiger partial charge >= 0.3 is 6.18 Å². The molecule has 3 aromatic carbocycles. The topological polar surface area (TPSA) is 78.0 Å². The maximum Gasteiger partial charge on any atom is 0.435 e. The summed E-state index contributed by atoms with van der Waals surface area (Å²) >= 11 is 12.6. The van der Waals surface area contributed by atoms with Gasteiger partial charge in [0.05, 0.1) is 21.3 Å². The van der Waals surface area contributed by atoms with Gasteiger partial charge in [-0.2, -0.15) is 18.3 Å². The summed E-state index contributed by atoms with van der Waals surface area (Å²) in [6, 6.07) is 17.5.